The predicted octanol–water partition coefficient (Wildman–Crippen LogP) is 2.67. The summed E-state index contributed by atoms with van der Waals surface area (Å²) in [6, 6.07) is 8.51. The van der Waals surface area contributed by atoms with Crippen LogP contribution in [-0.4, -0.2) is 17.3 Å². The maximum absolute atomic E-state index is 11.1. The Morgan fingerprint density at radius 1 is 1.22 bits per heavy atom. The van der Waals surface area contributed by atoms with Gasteiger partial charge in [0.2, 0.25) is 0 Å². The Hall–Kier alpha value is -0.860. The highest BCUT2D eigenvalue weighted by Crippen LogP contribution is 2.47. The third-order valence-corrected chi connectivity index (χ3v) is 4.80. The number of rotatable bonds is 5. The van der Waals surface area contributed by atoms with Crippen LogP contribution in [0.2, 0.25) is 0 Å². The zero-order valence-corrected chi connectivity index (χ0v) is 11.6. The number of fused-ring (bicyclic) bond motifs is 1. The molecule has 1 unspecified atom stereocenters. The van der Waals surface area contributed by atoms with Crippen molar-refractivity contribution in [1.29, 1.82) is 0 Å². The monoisotopic (exact) mass is 247 g/mol. The molecular weight excluding hydrogens is 222 g/mol. The first-order valence-corrected chi connectivity index (χ1v) is 7.10. The minimum atomic E-state index is -0.629. The molecule has 2 nitrogen and oxygen atoms in total. The molecule has 1 aromatic rings. The first kappa shape index (κ1) is 13.6. The van der Waals surface area contributed by atoms with E-state index in [-0.39, 0.29) is 5.41 Å². The van der Waals surface area contributed by atoms with E-state index in [1.54, 1.807) is 0 Å². The van der Waals surface area contributed by atoms with E-state index >= 15 is 0 Å². The smallest absolute Gasteiger partial charge is 0.0719 e. The van der Waals surface area contributed by atoms with Crippen molar-refractivity contribution in [3.8, 4) is 0 Å². The summed E-state index contributed by atoms with van der Waals surface area (Å²) in [4.78, 5) is 0. The molecule has 0 bridgehead atoms. The molecule has 1 aliphatic rings. The van der Waals surface area contributed by atoms with Crippen LogP contribution in [0.4, 0.5) is 0 Å². The van der Waals surface area contributed by atoms with Crippen LogP contribution in [0.25, 0.3) is 0 Å². The average molecular weight is 247 g/mol. The molecule has 2 heteroatoms. The Morgan fingerprint density at radius 3 is 2.17 bits per heavy atom. The molecule has 100 valence electrons. The molecule has 0 aliphatic heterocycles. The molecule has 0 amide bonds. The number of hydrogen-bond acceptors (Lipinski definition) is 2. The fourth-order valence-corrected chi connectivity index (χ4v) is 3.59. The van der Waals surface area contributed by atoms with Gasteiger partial charge in [-0.2, -0.15) is 0 Å². The number of nitrogens with two attached hydrogens (primary N) is 1. The van der Waals surface area contributed by atoms with Crippen LogP contribution in [0.3, 0.4) is 0 Å². The number of benzene rings is 1. The molecule has 1 aliphatic carbocycles. The SMILES string of the molecule is CCCC(O)(CC)C1(CN)Cc2ccccc2C1. The highest BCUT2D eigenvalue weighted by Gasteiger charge is 2.50. The number of aliphatic hydroxyl groups is 1. The van der Waals surface area contributed by atoms with Crippen molar-refractivity contribution in [3.05, 3.63) is 35.4 Å². The Balaban J connectivity index is 2.35. The lowest BCUT2D eigenvalue weighted by atomic mass is 9.66. The van der Waals surface area contributed by atoms with Crippen LogP contribution in [0.5, 0.6) is 0 Å². The van der Waals surface area contributed by atoms with Crippen LogP contribution in [0.15, 0.2) is 24.3 Å². The lowest BCUT2D eigenvalue weighted by molar-refractivity contribution is -0.0862. The van der Waals surface area contributed by atoms with Crippen molar-refractivity contribution >= 4 is 0 Å². The maximum atomic E-state index is 11.1. The van der Waals surface area contributed by atoms with Crippen molar-refractivity contribution in [3.63, 3.8) is 0 Å². The lowest BCUT2D eigenvalue weighted by Gasteiger charge is -2.44. The van der Waals surface area contributed by atoms with Gasteiger partial charge >= 0.3 is 0 Å². The fourth-order valence-electron chi connectivity index (χ4n) is 3.59. The van der Waals surface area contributed by atoms with Gasteiger partial charge in [0.25, 0.3) is 0 Å². The Bertz CT molecular complexity index is 390. The summed E-state index contributed by atoms with van der Waals surface area (Å²) in [5.41, 5.74) is 8.02. The van der Waals surface area contributed by atoms with Gasteiger partial charge in [-0.1, -0.05) is 44.5 Å². The first-order chi connectivity index (χ1) is 8.61. The van der Waals surface area contributed by atoms with Gasteiger partial charge in [0.15, 0.2) is 0 Å². The van der Waals surface area contributed by atoms with E-state index in [0.29, 0.717) is 6.54 Å². The van der Waals surface area contributed by atoms with E-state index in [2.05, 4.69) is 38.1 Å². The number of hydrogen-bond donors (Lipinski definition) is 2. The molecule has 18 heavy (non-hydrogen) atoms. The molecule has 0 heterocycles. The minimum Gasteiger partial charge on any atom is -0.389 e. The van der Waals surface area contributed by atoms with Crippen LogP contribution in [0.1, 0.15) is 44.2 Å². The molecule has 0 fully saturated rings. The Morgan fingerprint density at radius 2 is 1.78 bits per heavy atom. The van der Waals surface area contributed by atoms with E-state index in [1.165, 1.54) is 11.1 Å². The van der Waals surface area contributed by atoms with Crippen LogP contribution in [0, 0.1) is 5.41 Å². The minimum absolute atomic E-state index is 0.165. The molecule has 0 aromatic heterocycles. The van der Waals surface area contributed by atoms with Crippen molar-refractivity contribution in [2.24, 2.45) is 11.1 Å². The molecule has 0 radical (unpaired) electrons. The summed E-state index contributed by atoms with van der Waals surface area (Å²) in [7, 11) is 0. The van der Waals surface area contributed by atoms with Gasteiger partial charge in [0.1, 0.15) is 0 Å². The summed E-state index contributed by atoms with van der Waals surface area (Å²) < 4.78 is 0. The van der Waals surface area contributed by atoms with Gasteiger partial charge < -0.3 is 10.8 Å². The highest BCUT2D eigenvalue weighted by molar-refractivity contribution is 5.36. The van der Waals surface area contributed by atoms with Crippen LogP contribution >= 0.6 is 0 Å². The molecule has 1 aromatic carbocycles. The van der Waals surface area contributed by atoms with Gasteiger partial charge in [-0.05, 0) is 36.8 Å². The molecule has 1 atom stereocenters. The second-order valence-electron chi connectivity index (χ2n) is 5.74. The van der Waals surface area contributed by atoms with E-state index in [0.717, 1.165) is 32.1 Å². The van der Waals surface area contributed by atoms with E-state index in [1.807, 2.05) is 0 Å². The van der Waals surface area contributed by atoms with Gasteiger partial charge in [-0.25, -0.2) is 0 Å². The predicted molar refractivity (Wildman–Crippen MR) is 75.5 cm³/mol. The molecular formula is C16H25NO. The molecule has 3 N–H and O–H groups in total. The quantitative estimate of drug-likeness (QED) is 0.840. The fraction of sp³-hybridized carbons (Fsp3) is 0.625. The first-order valence-electron chi connectivity index (χ1n) is 7.10. The van der Waals surface area contributed by atoms with Crippen molar-refractivity contribution in [2.75, 3.05) is 6.54 Å². The molecule has 0 saturated heterocycles. The zero-order valence-electron chi connectivity index (χ0n) is 11.6. The largest absolute Gasteiger partial charge is 0.389 e. The summed E-state index contributed by atoms with van der Waals surface area (Å²) in [6.07, 6.45) is 4.47. The van der Waals surface area contributed by atoms with Gasteiger partial charge in [-0.15, -0.1) is 0 Å². The molecule has 0 saturated carbocycles. The maximum Gasteiger partial charge on any atom is 0.0719 e. The van der Waals surface area contributed by atoms with Gasteiger partial charge in [-0.3, -0.25) is 0 Å². The van der Waals surface area contributed by atoms with Gasteiger partial charge in [0.05, 0.1) is 5.60 Å². The second kappa shape index (κ2) is 5.02. The summed E-state index contributed by atoms with van der Waals surface area (Å²) in [5.74, 6) is 0. The summed E-state index contributed by atoms with van der Waals surface area (Å²) in [6.45, 7) is 4.77. The highest BCUT2D eigenvalue weighted by atomic mass is 16.3. The third kappa shape index (κ3) is 1.98. The molecule has 0 spiro atoms. The average Bonchev–Trinajstić information content (AvgIpc) is 2.79. The normalized spacial score (nSPS) is 20.4. The van der Waals surface area contributed by atoms with Crippen LogP contribution < -0.4 is 5.73 Å². The van der Waals surface area contributed by atoms with Crippen molar-refractivity contribution < 1.29 is 5.11 Å². The standard InChI is InChI=1S/C16H25NO/c1-3-9-16(18,4-2)15(12-17)10-13-7-5-6-8-14(13)11-15/h5-8,18H,3-4,9-12,17H2,1-2H3. The Labute approximate surface area is 110 Å². The lowest BCUT2D eigenvalue weighted by Crippen LogP contribution is -2.53. The van der Waals surface area contributed by atoms with Gasteiger partial charge in [0, 0.05) is 12.0 Å². The van der Waals surface area contributed by atoms with E-state index in [4.69, 9.17) is 5.73 Å². The van der Waals surface area contributed by atoms with Crippen LogP contribution in [-0.2, 0) is 12.8 Å². The molecule has 2 rings (SSSR count). The second-order valence-corrected chi connectivity index (χ2v) is 5.74. The van der Waals surface area contributed by atoms with Crippen molar-refractivity contribution in [2.45, 2.75) is 51.6 Å². The zero-order chi connectivity index (χ0) is 13.2. The summed E-state index contributed by atoms with van der Waals surface area (Å²) >= 11 is 0. The van der Waals surface area contributed by atoms with E-state index < -0.39 is 5.60 Å². The topological polar surface area (TPSA) is 46.2 Å². The van der Waals surface area contributed by atoms with E-state index in [9.17, 15) is 5.11 Å². The van der Waals surface area contributed by atoms with Crippen molar-refractivity contribution in [1.82, 2.24) is 0 Å². The summed E-state index contributed by atoms with van der Waals surface area (Å²) in [5, 5.41) is 11.1. The third-order valence-electron chi connectivity index (χ3n) is 4.80. The Kier molecular flexibility index (Phi) is 3.79.